The first kappa shape index (κ1) is 11.9. The fourth-order valence-electron chi connectivity index (χ4n) is 1.05. The predicted octanol–water partition coefficient (Wildman–Crippen LogP) is 1.26. The lowest BCUT2D eigenvalue weighted by Gasteiger charge is -2.01. The van der Waals surface area contributed by atoms with Gasteiger partial charge in [0.1, 0.15) is 6.33 Å². The molecule has 0 N–H and O–H groups in total. The lowest BCUT2D eigenvalue weighted by atomic mass is 10.6. The minimum atomic E-state index is -0.625. The number of hydrogen-bond acceptors (Lipinski definition) is 6. The third-order valence-electron chi connectivity index (χ3n) is 1.77. The molecule has 0 unspecified atom stereocenters. The summed E-state index contributed by atoms with van der Waals surface area (Å²) >= 11 is 8.91. The van der Waals surface area contributed by atoms with Crippen LogP contribution in [0.1, 0.15) is 10.6 Å². The van der Waals surface area contributed by atoms with E-state index in [1.807, 2.05) is 0 Å². The van der Waals surface area contributed by atoms with Gasteiger partial charge in [-0.2, -0.15) is 4.98 Å². The second-order valence-electron chi connectivity index (χ2n) is 2.81. The molecule has 2 aromatic rings. The van der Waals surface area contributed by atoms with Crippen molar-refractivity contribution in [3.8, 4) is 5.82 Å². The molecular weight excluding hydrogens is 313 g/mol. The van der Waals surface area contributed by atoms with E-state index in [0.29, 0.717) is 10.3 Å². The number of carbonyl (C=O) groups is 1. The Hall–Kier alpha value is -1.54. The maximum atomic E-state index is 11.2. The number of methoxy groups -OCH3 is 1. The van der Waals surface area contributed by atoms with Crippen molar-refractivity contribution in [1.82, 2.24) is 24.7 Å². The normalized spacial score (nSPS) is 10.3. The largest absolute Gasteiger partial charge is 0.463 e. The molecule has 0 atom stereocenters. The quantitative estimate of drug-likeness (QED) is 0.612. The Bertz CT molecular complexity index is 573. The van der Waals surface area contributed by atoms with Crippen LogP contribution in [-0.4, -0.2) is 37.8 Å². The topological polar surface area (TPSA) is 82.8 Å². The monoisotopic (exact) mass is 317 g/mol. The Morgan fingerprint density at radius 3 is 3.00 bits per heavy atom. The Labute approximate surface area is 109 Å². The van der Waals surface area contributed by atoms with E-state index in [0.717, 1.165) is 0 Å². The van der Waals surface area contributed by atoms with Crippen molar-refractivity contribution in [2.45, 2.75) is 0 Å². The number of nitrogens with zero attached hydrogens (tertiary/aromatic N) is 5. The number of ether oxygens (including phenoxy) is 1. The minimum absolute atomic E-state index is 0.0610. The standard InChI is InChI=1S/C8H5BrClN5O2/c1-17-7(16)5-12-3-15(14-5)6-4(9)2-11-8(10)13-6/h2-3H,1H3. The predicted molar refractivity (Wildman–Crippen MR) is 61.0 cm³/mol. The second-order valence-corrected chi connectivity index (χ2v) is 4.01. The van der Waals surface area contributed by atoms with Crippen molar-refractivity contribution in [3.63, 3.8) is 0 Å². The molecule has 0 aromatic carbocycles. The Kier molecular flexibility index (Phi) is 3.34. The zero-order valence-electron chi connectivity index (χ0n) is 8.46. The highest BCUT2D eigenvalue weighted by molar-refractivity contribution is 9.10. The molecule has 0 saturated carbocycles. The van der Waals surface area contributed by atoms with Crippen LogP contribution in [0.3, 0.4) is 0 Å². The first-order valence-electron chi connectivity index (χ1n) is 4.30. The molecule has 0 spiro atoms. The molecule has 17 heavy (non-hydrogen) atoms. The summed E-state index contributed by atoms with van der Waals surface area (Å²) in [5, 5.41) is 3.97. The molecule has 7 nitrogen and oxygen atoms in total. The van der Waals surface area contributed by atoms with E-state index in [9.17, 15) is 4.79 Å². The first-order valence-corrected chi connectivity index (χ1v) is 5.47. The van der Waals surface area contributed by atoms with E-state index in [2.05, 4.69) is 40.7 Å². The number of esters is 1. The molecule has 0 amide bonds. The van der Waals surface area contributed by atoms with Crippen molar-refractivity contribution in [2.75, 3.05) is 7.11 Å². The van der Waals surface area contributed by atoms with Gasteiger partial charge >= 0.3 is 5.97 Å². The fraction of sp³-hybridized carbons (Fsp3) is 0.125. The zero-order chi connectivity index (χ0) is 12.4. The van der Waals surface area contributed by atoms with Gasteiger partial charge in [0.05, 0.1) is 11.6 Å². The maximum absolute atomic E-state index is 11.2. The number of carbonyl (C=O) groups excluding carboxylic acids is 1. The van der Waals surface area contributed by atoms with Crippen LogP contribution < -0.4 is 0 Å². The molecule has 0 aliphatic rings. The molecule has 0 fully saturated rings. The highest BCUT2D eigenvalue weighted by Crippen LogP contribution is 2.18. The smallest absolute Gasteiger partial charge is 0.377 e. The number of halogens is 2. The third kappa shape index (κ3) is 2.42. The molecule has 0 aliphatic carbocycles. The Balaban J connectivity index is 2.43. The Morgan fingerprint density at radius 1 is 1.53 bits per heavy atom. The SMILES string of the molecule is COC(=O)c1ncn(-c2nc(Cl)ncc2Br)n1. The highest BCUT2D eigenvalue weighted by Gasteiger charge is 2.14. The van der Waals surface area contributed by atoms with Gasteiger partial charge in [0.15, 0.2) is 5.82 Å². The van der Waals surface area contributed by atoms with Crippen molar-refractivity contribution >= 4 is 33.5 Å². The number of rotatable bonds is 2. The molecule has 0 aliphatic heterocycles. The lowest BCUT2D eigenvalue weighted by Crippen LogP contribution is -2.06. The average Bonchev–Trinajstić information content (AvgIpc) is 2.80. The van der Waals surface area contributed by atoms with Crippen LogP contribution in [0.5, 0.6) is 0 Å². The minimum Gasteiger partial charge on any atom is -0.463 e. The van der Waals surface area contributed by atoms with Crippen molar-refractivity contribution in [1.29, 1.82) is 0 Å². The highest BCUT2D eigenvalue weighted by atomic mass is 79.9. The van der Waals surface area contributed by atoms with Crippen LogP contribution in [-0.2, 0) is 4.74 Å². The number of aromatic nitrogens is 5. The van der Waals surface area contributed by atoms with Gasteiger partial charge in [-0.05, 0) is 27.5 Å². The molecule has 9 heteroatoms. The zero-order valence-corrected chi connectivity index (χ0v) is 10.8. The van der Waals surface area contributed by atoms with Crippen LogP contribution in [0, 0.1) is 0 Å². The summed E-state index contributed by atoms with van der Waals surface area (Å²) in [7, 11) is 1.25. The molecule has 88 valence electrons. The summed E-state index contributed by atoms with van der Waals surface area (Å²) in [5.74, 6) is -0.304. The third-order valence-corrected chi connectivity index (χ3v) is 2.51. The van der Waals surface area contributed by atoms with Crippen LogP contribution in [0.15, 0.2) is 17.0 Å². The van der Waals surface area contributed by atoms with Gasteiger partial charge in [-0.15, -0.1) is 5.10 Å². The van der Waals surface area contributed by atoms with Gasteiger partial charge in [0.25, 0.3) is 5.82 Å². The summed E-state index contributed by atoms with van der Waals surface area (Å²) in [6.07, 6.45) is 2.81. The summed E-state index contributed by atoms with van der Waals surface area (Å²) in [6.45, 7) is 0. The second kappa shape index (κ2) is 4.76. The van der Waals surface area contributed by atoms with E-state index >= 15 is 0 Å². The van der Waals surface area contributed by atoms with E-state index in [1.54, 1.807) is 0 Å². The molecular formula is C8H5BrClN5O2. The van der Waals surface area contributed by atoms with Crippen LogP contribution in [0.4, 0.5) is 0 Å². The molecule has 0 radical (unpaired) electrons. The van der Waals surface area contributed by atoms with Crippen LogP contribution in [0.2, 0.25) is 5.28 Å². The molecule has 0 bridgehead atoms. The van der Waals surface area contributed by atoms with Crippen molar-refractivity contribution in [3.05, 3.63) is 28.1 Å². The fourth-order valence-corrected chi connectivity index (χ4v) is 1.55. The van der Waals surface area contributed by atoms with Gasteiger partial charge in [-0.3, -0.25) is 0 Å². The summed E-state index contributed by atoms with van der Waals surface area (Å²) in [5.41, 5.74) is 0. The number of hydrogen-bond donors (Lipinski definition) is 0. The lowest BCUT2D eigenvalue weighted by molar-refractivity contribution is 0.0587. The van der Waals surface area contributed by atoms with Crippen LogP contribution >= 0.6 is 27.5 Å². The van der Waals surface area contributed by atoms with E-state index < -0.39 is 5.97 Å². The average molecular weight is 319 g/mol. The van der Waals surface area contributed by atoms with Gasteiger partial charge in [0.2, 0.25) is 5.28 Å². The van der Waals surface area contributed by atoms with Gasteiger partial charge in [-0.1, -0.05) is 0 Å². The molecule has 2 rings (SSSR count). The van der Waals surface area contributed by atoms with E-state index in [-0.39, 0.29) is 11.1 Å². The summed E-state index contributed by atoms with van der Waals surface area (Å²) < 4.78 is 6.36. The van der Waals surface area contributed by atoms with Crippen molar-refractivity contribution in [2.24, 2.45) is 0 Å². The summed E-state index contributed by atoms with van der Waals surface area (Å²) in [4.78, 5) is 22.7. The van der Waals surface area contributed by atoms with E-state index in [1.165, 1.54) is 24.3 Å². The van der Waals surface area contributed by atoms with Gasteiger partial charge in [-0.25, -0.2) is 19.4 Å². The van der Waals surface area contributed by atoms with Crippen LogP contribution in [0.25, 0.3) is 5.82 Å². The Morgan fingerprint density at radius 2 is 2.29 bits per heavy atom. The molecule has 2 heterocycles. The summed E-state index contributed by atoms with van der Waals surface area (Å²) in [6, 6.07) is 0. The molecule has 2 aromatic heterocycles. The first-order chi connectivity index (χ1) is 8.11. The maximum Gasteiger partial charge on any atom is 0.377 e. The van der Waals surface area contributed by atoms with E-state index in [4.69, 9.17) is 11.6 Å². The molecule has 0 saturated heterocycles. The van der Waals surface area contributed by atoms with Gasteiger partial charge < -0.3 is 4.74 Å². The van der Waals surface area contributed by atoms with Gasteiger partial charge in [0, 0.05) is 6.20 Å². The van der Waals surface area contributed by atoms with Crippen molar-refractivity contribution < 1.29 is 9.53 Å².